The number of hydrogen-bond donors (Lipinski definition) is 1. The Kier molecular flexibility index (Phi) is 6.88. The summed E-state index contributed by atoms with van der Waals surface area (Å²) in [5.74, 6) is -2.61. The SMILES string of the molecule is CC(=O)c1ccc(S(=O)(=O)CC(=O)N2CCNC[C@H]2C)cc1F.Cl. The molecule has 1 heterocycles. The van der Waals surface area contributed by atoms with Crippen LogP contribution in [0.2, 0.25) is 0 Å². The molecule has 1 aromatic carbocycles. The Morgan fingerprint density at radius 3 is 2.58 bits per heavy atom. The minimum Gasteiger partial charge on any atom is -0.337 e. The highest BCUT2D eigenvalue weighted by Crippen LogP contribution is 2.18. The van der Waals surface area contributed by atoms with E-state index in [9.17, 15) is 22.4 Å². The van der Waals surface area contributed by atoms with E-state index in [-0.39, 0.29) is 28.9 Å². The number of ketones is 1. The number of halogens is 2. The Morgan fingerprint density at radius 1 is 1.38 bits per heavy atom. The number of piperazine rings is 1. The number of Topliss-reactive ketones (excluding diaryl/α,β-unsaturated/α-hetero) is 1. The highest BCUT2D eigenvalue weighted by molar-refractivity contribution is 7.92. The van der Waals surface area contributed by atoms with Gasteiger partial charge >= 0.3 is 0 Å². The van der Waals surface area contributed by atoms with Crippen LogP contribution in [-0.4, -0.2) is 56.4 Å². The van der Waals surface area contributed by atoms with E-state index in [2.05, 4.69) is 5.32 Å². The van der Waals surface area contributed by atoms with Crippen molar-refractivity contribution in [1.29, 1.82) is 0 Å². The van der Waals surface area contributed by atoms with Gasteiger partial charge in [-0.1, -0.05) is 0 Å². The van der Waals surface area contributed by atoms with Crippen molar-refractivity contribution < 1.29 is 22.4 Å². The van der Waals surface area contributed by atoms with Crippen LogP contribution in [-0.2, 0) is 14.6 Å². The topological polar surface area (TPSA) is 83.5 Å². The summed E-state index contributed by atoms with van der Waals surface area (Å²) in [5, 5.41) is 3.11. The van der Waals surface area contributed by atoms with Gasteiger partial charge in [0.1, 0.15) is 11.6 Å². The molecule has 0 bridgehead atoms. The van der Waals surface area contributed by atoms with Gasteiger partial charge in [-0.25, -0.2) is 12.8 Å². The second kappa shape index (κ2) is 8.04. The molecule has 0 unspecified atom stereocenters. The van der Waals surface area contributed by atoms with Gasteiger partial charge in [-0.15, -0.1) is 12.4 Å². The first-order valence-corrected chi connectivity index (χ1v) is 8.91. The number of sulfone groups is 1. The van der Waals surface area contributed by atoms with E-state index in [0.717, 1.165) is 18.2 Å². The van der Waals surface area contributed by atoms with Crippen LogP contribution in [0.1, 0.15) is 24.2 Å². The molecule has 1 aliphatic rings. The lowest BCUT2D eigenvalue weighted by molar-refractivity contribution is -0.131. The van der Waals surface area contributed by atoms with E-state index in [1.165, 1.54) is 11.8 Å². The van der Waals surface area contributed by atoms with Crippen molar-refractivity contribution in [3.05, 3.63) is 29.6 Å². The second-order valence-corrected chi connectivity index (χ2v) is 7.59. The number of hydrogen-bond acceptors (Lipinski definition) is 5. The molecule has 1 aromatic rings. The van der Waals surface area contributed by atoms with Crippen molar-refractivity contribution in [3.63, 3.8) is 0 Å². The third-order valence-electron chi connectivity index (χ3n) is 3.81. The fourth-order valence-corrected chi connectivity index (χ4v) is 3.73. The minimum atomic E-state index is -3.96. The van der Waals surface area contributed by atoms with Crippen LogP contribution < -0.4 is 5.32 Å². The third kappa shape index (κ3) is 4.52. The molecule has 24 heavy (non-hydrogen) atoms. The molecular weight excluding hydrogens is 359 g/mol. The van der Waals surface area contributed by atoms with Crippen molar-refractivity contribution in [2.75, 3.05) is 25.4 Å². The van der Waals surface area contributed by atoms with Crippen molar-refractivity contribution >= 4 is 33.9 Å². The fraction of sp³-hybridized carbons (Fsp3) is 0.467. The monoisotopic (exact) mass is 378 g/mol. The van der Waals surface area contributed by atoms with Gasteiger partial charge in [0, 0.05) is 25.7 Å². The molecule has 0 radical (unpaired) electrons. The summed E-state index contributed by atoms with van der Waals surface area (Å²) >= 11 is 0. The lowest BCUT2D eigenvalue weighted by atomic mass is 10.1. The Balaban J connectivity index is 0.00000288. The largest absolute Gasteiger partial charge is 0.337 e. The number of rotatable bonds is 4. The molecule has 2 rings (SSSR count). The molecule has 1 aliphatic heterocycles. The molecule has 1 atom stereocenters. The number of benzene rings is 1. The Bertz CT molecular complexity index is 739. The molecule has 1 amide bonds. The van der Waals surface area contributed by atoms with Gasteiger partial charge in [0.15, 0.2) is 15.6 Å². The van der Waals surface area contributed by atoms with Crippen LogP contribution in [0.5, 0.6) is 0 Å². The van der Waals surface area contributed by atoms with E-state index in [0.29, 0.717) is 19.6 Å². The molecule has 0 aliphatic carbocycles. The first kappa shape index (κ1) is 20.5. The number of nitrogens with one attached hydrogen (secondary N) is 1. The van der Waals surface area contributed by atoms with E-state index < -0.39 is 33.1 Å². The van der Waals surface area contributed by atoms with Gasteiger partial charge in [0.05, 0.1) is 10.5 Å². The summed E-state index contributed by atoms with van der Waals surface area (Å²) in [6.07, 6.45) is 0. The lowest BCUT2D eigenvalue weighted by Crippen LogP contribution is -2.53. The fourth-order valence-electron chi connectivity index (χ4n) is 2.52. The highest BCUT2D eigenvalue weighted by atomic mass is 35.5. The molecule has 1 saturated heterocycles. The molecule has 0 saturated carbocycles. The molecule has 0 spiro atoms. The average molecular weight is 379 g/mol. The summed E-state index contributed by atoms with van der Waals surface area (Å²) < 4.78 is 38.4. The van der Waals surface area contributed by atoms with Crippen LogP contribution >= 0.6 is 12.4 Å². The van der Waals surface area contributed by atoms with E-state index in [1.54, 1.807) is 0 Å². The molecular formula is C15H20ClFN2O4S. The van der Waals surface area contributed by atoms with E-state index in [1.807, 2.05) is 6.92 Å². The van der Waals surface area contributed by atoms with Crippen molar-refractivity contribution in [2.24, 2.45) is 0 Å². The van der Waals surface area contributed by atoms with Gasteiger partial charge in [-0.2, -0.15) is 0 Å². The summed E-state index contributed by atoms with van der Waals surface area (Å²) in [6.45, 7) is 4.68. The normalized spacial score (nSPS) is 18.0. The van der Waals surface area contributed by atoms with Crippen molar-refractivity contribution in [1.82, 2.24) is 10.2 Å². The number of carbonyl (C=O) groups is 2. The van der Waals surface area contributed by atoms with Crippen molar-refractivity contribution in [2.45, 2.75) is 24.8 Å². The van der Waals surface area contributed by atoms with Gasteiger partial charge in [-0.3, -0.25) is 9.59 Å². The smallest absolute Gasteiger partial charge is 0.238 e. The zero-order valence-corrected chi connectivity index (χ0v) is 15.0. The average Bonchev–Trinajstić information content (AvgIpc) is 2.46. The van der Waals surface area contributed by atoms with E-state index in [4.69, 9.17) is 0 Å². The first-order valence-electron chi connectivity index (χ1n) is 7.26. The molecule has 6 nitrogen and oxygen atoms in total. The molecule has 134 valence electrons. The predicted molar refractivity (Wildman–Crippen MR) is 89.8 cm³/mol. The van der Waals surface area contributed by atoms with Gasteiger partial charge in [-0.05, 0) is 32.0 Å². The maximum Gasteiger partial charge on any atom is 0.238 e. The zero-order chi connectivity index (χ0) is 17.2. The van der Waals surface area contributed by atoms with Gasteiger partial charge in [0.25, 0.3) is 0 Å². The maximum absolute atomic E-state index is 13.8. The lowest BCUT2D eigenvalue weighted by Gasteiger charge is -2.33. The number of amides is 1. The summed E-state index contributed by atoms with van der Waals surface area (Å²) in [4.78, 5) is 24.6. The molecule has 1 N–H and O–H groups in total. The quantitative estimate of drug-likeness (QED) is 0.791. The summed E-state index contributed by atoms with van der Waals surface area (Å²) in [7, 11) is -3.96. The van der Waals surface area contributed by atoms with Gasteiger partial charge in [0.2, 0.25) is 5.91 Å². The predicted octanol–water partition coefficient (Wildman–Crippen LogP) is 1.04. The number of carbonyl (C=O) groups excluding carboxylic acids is 2. The summed E-state index contributed by atoms with van der Waals surface area (Å²) in [6, 6.07) is 2.98. The Labute approximate surface area is 146 Å². The minimum absolute atomic E-state index is 0. The first-order chi connectivity index (χ1) is 10.7. The van der Waals surface area contributed by atoms with E-state index >= 15 is 0 Å². The standard InChI is InChI=1S/C15H19FN2O4S.ClH/c1-10-8-17-5-6-18(10)15(20)9-23(21,22)12-3-4-13(11(2)19)14(16)7-12;/h3-4,7,10,17H,5-6,8-9H2,1-2H3;1H/t10-;/m1./s1. The maximum atomic E-state index is 13.8. The Hall–Kier alpha value is -1.51. The van der Waals surface area contributed by atoms with Crippen LogP contribution in [0.4, 0.5) is 4.39 Å². The second-order valence-electron chi connectivity index (χ2n) is 5.60. The molecule has 0 aromatic heterocycles. The Morgan fingerprint density at radius 2 is 2.04 bits per heavy atom. The molecule has 1 fully saturated rings. The van der Waals surface area contributed by atoms with Crippen LogP contribution in [0.25, 0.3) is 0 Å². The molecule has 9 heteroatoms. The summed E-state index contributed by atoms with van der Waals surface area (Å²) in [5.41, 5.74) is -0.175. The van der Waals surface area contributed by atoms with Crippen molar-refractivity contribution in [3.8, 4) is 0 Å². The van der Waals surface area contributed by atoms with Crippen LogP contribution in [0.15, 0.2) is 23.1 Å². The van der Waals surface area contributed by atoms with Gasteiger partial charge < -0.3 is 10.2 Å². The zero-order valence-electron chi connectivity index (χ0n) is 13.4. The third-order valence-corrected chi connectivity index (χ3v) is 5.41. The van der Waals surface area contributed by atoms with Crippen LogP contribution in [0.3, 0.4) is 0 Å². The van der Waals surface area contributed by atoms with Crippen LogP contribution in [0, 0.1) is 5.82 Å². The highest BCUT2D eigenvalue weighted by Gasteiger charge is 2.28. The number of nitrogens with zero attached hydrogens (tertiary/aromatic N) is 1.